The molecule has 0 bridgehead atoms. The normalized spacial score (nSPS) is 42.3. The molecule has 4 heterocycles. The Balaban J connectivity index is 1.47. The minimum atomic E-state index is -0.725. The molecule has 0 aliphatic carbocycles. The van der Waals surface area contributed by atoms with Crippen molar-refractivity contribution in [3.63, 3.8) is 0 Å². The first-order chi connectivity index (χ1) is 11.7. The second-order valence-corrected chi connectivity index (χ2v) is 7.96. The van der Waals surface area contributed by atoms with Crippen molar-refractivity contribution in [1.82, 2.24) is 4.90 Å². The van der Waals surface area contributed by atoms with Gasteiger partial charge in [-0.3, -0.25) is 4.79 Å². The molecule has 25 heavy (non-hydrogen) atoms. The molecule has 142 valence electrons. The highest BCUT2D eigenvalue weighted by Gasteiger charge is 2.59. The molecule has 0 aromatic carbocycles. The van der Waals surface area contributed by atoms with E-state index in [-0.39, 0.29) is 37.1 Å². The van der Waals surface area contributed by atoms with Crippen LogP contribution in [-0.4, -0.2) is 73.0 Å². The molecule has 0 radical (unpaired) electrons. The van der Waals surface area contributed by atoms with Crippen molar-refractivity contribution >= 4 is 5.91 Å². The van der Waals surface area contributed by atoms with Crippen molar-refractivity contribution in [2.75, 3.05) is 19.9 Å². The number of hydrogen-bond donors (Lipinski definition) is 0. The van der Waals surface area contributed by atoms with Gasteiger partial charge in [0.15, 0.2) is 17.9 Å². The van der Waals surface area contributed by atoms with Crippen molar-refractivity contribution in [2.24, 2.45) is 0 Å². The molecule has 0 unspecified atom stereocenters. The highest BCUT2D eigenvalue weighted by Crippen LogP contribution is 2.42. The minimum absolute atomic E-state index is 0.123. The summed E-state index contributed by atoms with van der Waals surface area (Å²) in [6, 6.07) is 0. The fourth-order valence-corrected chi connectivity index (χ4v) is 3.89. The summed E-state index contributed by atoms with van der Waals surface area (Å²) >= 11 is 0. The lowest BCUT2D eigenvalue weighted by Gasteiger charge is -2.30. The number of carbonyl (C=O) groups excluding carboxylic acids is 1. The topological polar surface area (TPSA) is 75.7 Å². The highest BCUT2D eigenvalue weighted by atomic mass is 16.8. The molecule has 4 fully saturated rings. The molecular formula is C17H27NO7. The Hall–Kier alpha value is -0.770. The SMILES string of the molecule is CC1(C)O[C@H]2O[C@H]([C@H]3COC(C)(C)O3)[C@H](OCN3CCCC3=O)[C@H]2O1. The van der Waals surface area contributed by atoms with E-state index in [1.165, 1.54) is 0 Å². The molecule has 4 aliphatic rings. The van der Waals surface area contributed by atoms with Gasteiger partial charge >= 0.3 is 0 Å². The van der Waals surface area contributed by atoms with Crippen LogP contribution in [0.25, 0.3) is 0 Å². The van der Waals surface area contributed by atoms with Gasteiger partial charge in [0.1, 0.15) is 31.1 Å². The number of carbonyl (C=O) groups is 1. The molecule has 0 aromatic rings. The van der Waals surface area contributed by atoms with Gasteiger partial charge in [0, 0.05) is 13.0 Å². The predicted molar refractivity (Wildman–Crippen MR) is 84.3 cm³/mol. The molecule has 0 aromatic heterocycles. The van der Waals surface area contributed by atoms with Crippen LogP contribution in [0.3, 0.4) is 0 Å². The fraction of sp³-hybridized carbons (Fsp3) is 0.941. The van der Waals surface area contributed by atoms with E-state index in [1.807, 2.05) is 27.7 Å². The number of nitrogens with zero attached hydrogens (tertiary/aromatic N) is 1. The lowest BCUT2D eigenvalue weighted by molar-refractivity contribution is -0.238. The third-order valence-electron chi connectivity index (χ3n) is 5.02. The van der Waals surface area contributed by atoms with Gasteiger partial charge in [-0.25, -0.2) is 0 Å². The fourth-order valence-electron chi connectivity index (χ4n) is 3.89. The maximum absolute atomic E-state index is 11.8. The predicted octanol–water partition coefficient (Wildman–Crippen LogP) is 0.979. The zero-order valence-electron chi connectivity index (χ0n) is 15.2. The summed E-state index contributed by atoms with van der Waals surface area (Å²) in [4.78, 5) is 13.6. The molecule has 0 saturated carbocycles. The molecule has 4 aliphatic heterocycles. The number of amides is 1. The average Bonchev–Trinajstić information content (AvgIpc) is 3.21. The van der Waals surface area contributed by atoms with E-state index < -0.39 is 17.9 Å². The number of likely N-dealkylation sites (tertiary alicyclic amines) is 1. The van der Waals surface area contributed by atoms with Crippen molar-refractivity contribution in [3.05, 3.63) is 0 Å². The van der Waals surface area contributed by atoms with Crippen molar-refractivity contribution in [2.45, 2.75) is 82.8 Å². The largest absolute Gasteiger partial charge is 0.352 e. The third kappa shape index (κ3) is 3.43. The van der Waals surface area contributed by atoms with E-state index in [9.17, 15) is 4.79 Å². The van der Waals surface area contributed by atoms with Crippen LogP contribution in [0.4, 0.5) is 0 Å². The summed E-state index contributed by atoms with van der Waals surface area (Å²) in [5, 5.41) is 0. The van der Waals surface area contributed by atoms with E-state index in [1.54, 1.807) is 4.90 Å². The Morgan fingerprint density at radius 3 is 2.56 bits per heavy atom. The molecule has 8 heteroatoms. The average molecular weight is 357 g/mol. The third-order valence-corrected chi connectivity index (χ3v) is 5.02. The van der Waals surface area contributed by atoms with Gasteiger partial charge < -0.3 is 33.3 Å². The number of rotatable bonds is 4. The Labute approximate surface area is 147 Å². The zero-order valence-corrected chi connectivity index (χ0v) is 15.2. The highest BCUT2D eigenvalue weighted by molar-refractivity contribution is 5.77. The Morgan fingerprint density at radius 2 is 1.92 bits per heavy atom. The monoisotopic (exact) mass is 357 g/mol. The molecule has 1 amide bonds. The van der Waals surface area contributed by atoms with E-state index in [4.69, 9.17) is 28.4 Å². The molecule has 4 saturated heterocycles. The molecule has 0 spiro atoms. The number of ether oxygens (including phenoxy) is 6. The maximum atomic E-state index is 11.8. The van der Waals surface area contributed by atoms with Gasteiger partial charge in [0.05, 0.1) is 6.61 Å². The Morgan fingerprint density at radius 1 is 1.12 bits per heavy atom. The van der Waals surface area contributed by atoms with Crippen LogP contribution >= 0.6 is 0 Å². The van der Waals surface area contributed by atoms with Crippen LogP contribution < -0.4 is 0 Å². The maximum Gasteiger partial charge on any atom is 0.224 e. The summed E-state index contributed by atoms with van der Waals surface area (Å²) in [5.74, 6) is -1.25. The van der Waals surface area contributed by atoms with E-state index in [0.29, 0.717) is 13.0 Å². The van der Waals surface area contributed by atoms with Crippen molar-refractivity contribution in [1.29, 1.82) is 0 Å². The number of hydrogen-bond acceptors (Lipinski definition) is 7. The van der Waals surface area contributed by atoms with Gasteiger partial charge in [-0.2, -0.15) is 0 Å². The summed E-state index contributed by atoms with van der Waals surface area (Å²) in [7, 11) is 0. The van der Waals surface area contributed by atoms with Gasteiger partial charge in [-0.15, -0.1) is 0 Å². The molecule has 4 rings (SSSR count). The lowest BCUT2D eigenvalue weighted by Crippen LogP contribution is -2.46. The zero-order chi connectivity index (χ0) is 17.8. The first-order valence-corrected chi connectivity index (χ1v) is 8.96. The Bertz CT molecular complexity index is 537. The smallest absolute Gasteiger partial charge is 0.224 e. The minimum Gasteiger partial charge on any atom is -0.352 e. The van der Waals surface area contributed by atoms with Gasteiger partial charge in [-0.05, 0) is 34.1 Å². The van der Waals surface area contributed by atoms with Gasteiger partial charge in [-0.1, -0.05) is 0 Å². The summed E-state index contributed by atoms with van der Waals surface area (Å²) in [6.07, 6.45) is -0.431. The first kappa shape index (κ1) is 17.6. The first-order valence-electron chi connectivity index (χ1n) is 8.96. The van der Waals surface area contributed by atoms with E-state index in [2.05, 4.69) is 0 Å². The summed E-state index contributed by atoms with van der Waals surface area (Å²) in [5.41, 5.74) is 0. The van der Waals surface area contributed by atoms with Crippen LogP contribution in [-0.2, 0) is 33.2 Å². The second-order valence-electron chi connectivity index (χ2n) is 7.96. The van der Waals surface area contributed by atoms with Crippen molar-refractivity contribution < 1.29 is 33.2 Å². The van der Waals surface area contributed by atoms with Crippen LogP contribution in [0.2, 0.25) is 0 Å². The molecule has 5 atom stereocenters. The van der Waals surface area contributed by atoms with Gasteiger partial charge in [0.2, 0.25) is 5.91 Å². The summed E-state index contributed by atoms with van der Waals surface area (Å²) in [6.45, 7) is 8.82. The molecule has 8 nitrogen and oxygen atoms in total. The van der Waals surface area contributed by atoms with Crippen LogP contribution in [0.5, 0.6) is 0 Å². The lowest BCUT2D eigenvalue weighted by atomic mass is 10.1. The van der Waals surface area contributed by atoms with Crippen LogP contribution in [0.15, 0.2) is 0 Å². The molecular weight excluding hydrogens is 330 g/mol. The van der Waals surface area contributed by atoms with Crippen LogP contribution in [0, 0.1) is 0 Å². The van der Waals surface area contributed by atoms with Crippen LogP contribution in [0.1, 0.15) is 40.5 Å². The molecule has 0 N–H and O–H groups in total. The van der Waals surface area contributed by atoms with E-state index in [0.717, 1.165) is 13.0 Å². The van der Waals surface area contributed by atoms with E-state index >= 15 is 0 Å². The summed E-state index contributed by atoms with van der Waals surface area (Å²) < 4.78 is 35.6. The van der Waals surface area contributed by atoms with Crippen molar-refractivity contribution in [3.8, 4) is 0 Å². The quantitative estimate of drug-likeness (QED) is 0.742. The second kappa shape index (κ2) is 6.14. The number of fused-ring (bicyclic) bond motifs is 1. The Kier molecular flexibility index (Phi) is 4.33. The van der Waals surface area contributed by atoms with Gasteiger partial charge in [0.25, 0.3) is 0 Å². The standard InChI is InChI=1S/C17H27NO7/c1-16(2)21-8-10(23-16)12-13(20-9-18-7-5-6-11(18)19)14-15(22-12)25-17(3,4)24-14/h10,12-15H,5-9H2,1-4H3/t10-,12-,13+,14-,15-/m1/s1.